The summed E-state index contributed by atoms with van der Waals surface area (Å²) >= 11 is 3.27. The normalized spacial score (nSPS) is 10.4. The van der Waals surface area contributed by atoms with Crippen molar-refractivity contribution in [2.75, 3.05) is 0 Å². The van der Waals surface area contributed by atoms with E-state index in [1.807, 2.05) is 0 Å². The minimum Gasteiger partial charge on any atom is -0.487 e. The van der Waals surface area contributed by atoms with Crippen LogP contribution in [0, 0.1) is 5.82 Å². The average molecular weight is 312 g/mol. The van der Waals surface area contributed by atoms with Gasteiger partial charge in [0.25, 0.3) is 0 Å². The van der Waals surface area contributed by atoms with Gasteiger partial charge in [-0.2, -0.15) is 0 Å². The van der Waals surface area contributed by atoms with E-state index in [4.69, 9.17) is 9.84 Å². The zero-order chi connectivity index (χ0) is 13.0. The summed E-state index contributed by atoms with van der Waals surface area (Å²) in [6, 6.07) is 7.86. The van der Waals surface area contributed by atoms with Gasteiger partial charge in [-0.3, -0.25) is 4.98 Å². The maximum atomic E-state index is 12.9. The number of hydrogen-bond acceptors (Lipinski definition) is 3. The second-order valence-electron chi connectivity index (χ2n) is 3.67. The van der Waals surface area contributed by atoms with Gasteiger partial charge in [-0.15, -0.1) is 0 Å². The second kappa shape index (κ2) is 5.93. The van der Waals surface area contributed by atoms with Crippen LogP contribution < -0.4 is 4.74 Å². The van der Waals surface area contributed by atoms with Crippen molar-refractivity contribution in [3.8, 4) is 5.75 Å². The van der Waals surface area contributed by atoms with Crippen molar-refractivity contribution in [3.05, 3.63) is 58.1 Å². The van der Waals surface area contributed by atoms with Gasteiger partial charge in [0.15, 0.2) is 0 Å². The van der Waals surface area contributed by atoms with E-state index < -0.39 is 0 Å². The molecule has 0 aliphatic heterocycles. The van der Waals surface area contributed by atoms with Crippen LogP contribution in [0.25, 0.3) is 0 Å². The van der Waals surface area contributed by atoms with E-state index in [1.54, 1.807) is 24.4 Å². The number of rotatable bonds is 4. The topological polar surface area (TPSA) is 42.4 Å². The van der Waals surface area contributed by atoms with Crippen LogP contribution >= 0.6 is 15.9 Å². The van der Waals surface area contributed by atoms with E-state index in [0.717, 1.165) is 5.56 Å². The lowest BCUT2D eigenvalue weighted by atomic mass is 10.2. The number of aliphatic hydroxyl groups excluding tert-OH is 1. The van der Waals surface area contributed by atoms with E-state index in [2.05, 4.69) is 20.9 Å². The van der Waals surface area contributed by atoms with Gasteiger partial charge >= 0.3 is 0 Å². The van der Waals surface area contributed by atoms with E-state index in [9.17, 15) is 4.39 Å². The lowest BCUT2D eigenvalue weighted by molar-refractivity contribution is 0.275. The maximum Gasteiger partial charge on any atom is 0.138 e. The molecule has 0 saturated carbocycles. The molecule has 94 valence electrons. The van der Waals surface area contributed by atoms with Crippen LogP contribution in [-0.4, -0.2) is 10.1 Å². The lowest BCUT2D eigenvalue weighted by Crippen LogP contribution is -1.98. The minimum absolute atomic E-state index is 0.0935. The van der Waals surface area contributed by atoms with Crippen molar-refractivity contribution in [3.63, 3.8) is 0 Å². The van der Waals surface area contributed by atoms with Gasteiger partial charge in [0.2, 0.25) is 0 Å². The van der Waals surface area contributed by atoms with Crippen LogP contribution in [-0.2, 0) is 13.2 Å². The first kappa shape index (κ1) is 13.0. The Hall–Kier alpha value is -1.46. The van der Waals surface area contributed by atoms with Gasteiger partial charge in [0, 0.05) is 10.0 Å². The summed E-state index contributed by atoms with van der Waals surface area (Å²) in [5, 5.41) is 8.85. The third-order valence-electron chi connectivity index (χ3n) is 2.37. The molecule has 0 unspecified atom stereocenters. The van der Waals surface area contributed by atoms with Gasteiger partial charge < -0.3 is 9.84 Å². The van der Waals surface area contributed by atoms with Crippen molar-refractivity contribution in [1.82, 2.24) is 4.98 Å². The summed E-state index contributed by atoms with van der Waals surface area (Å²) in [6.45, 7) is 0.227. The fraction of sp³-hybridized carbons (Fsp3) is 0.154. The molecule has 0 fully saturated rings. The van der Waals surface area contributed by atoms with Crippen LogP contribution in [0.1, 0.15) is 11.3 Å². The van der Waals surface area contributed by atoms with E-state index in [-0.39, 0.29) is 12.4 Å². The molecule has 1 N–H and O–H groups in total. The Morgan fingerprint density at radius 1 is 1.28 bits per heavy atom. The number of ether oxygens (including phenoxy) is 1. The van der Waals surface area contributed by atoms with Gasteiger partial charge in [-0.05, 0) is 24.3 Å². The molecule has 0 aliphatic rings. The Labute approximate surface area is 112 Å². The van der Waals surface area contributed by atoms with Gasteiger partial charge in [-0.25, -0.2) is 4.39 Å². The Balaban J connectivity index is 2.02. The molecule has 2 rings (SSSR count). The molecule has 0 aliphatic carbocycles. The summed E-state index contributed by atoms with van der Waals surface area (Å²) in [5.41, 5.74) is 1.44. The fourth-order valence-corrected chi connectivity index (χ4v) is 1.85. The lowest BCUT2D eigenvalue weighted by Gasteiger charge is -2.08. The third-order valence-corrected chi connectivity index (χ3v) is 3.11. The summed E-state index contributed by atoms with van der Waals surface area (Å²) in [4.78, 5) is 4.00. The zero-order valence-electron chi connectivity index (χ0n) is 9.44. The van der Waals surface area contributed by atoms with Crippen LogP contribution in [0.3, 0.4) is 0 Å². The van der Waals surface area contributed by atoms with E-state index in [1.165, 1.54) is 12.1 Å². The molecule has 1 aromatic heterocycles. The highest BCUT2D eigenvalue weighted by atomic mass is 79.9. The zero-order valence-corrected chi connectivity index (χ0v) is 11.0. The van der Waals surface area contributed by atoms with Crippen molar-refractivity contribution < 1.29 is 14.2 Å². The Kier molecular flexibility index (Phi) is 4.28. The largest absolute Gasteiger partial charge is 0.487 e. The molecule has 0 radical (unpaired) electrons. The molecule has 0 spiro atoms. The molecule has 0 saturated heterocycles. The molecule has 1 heterocycles. The second-order valence-corrected chi connectivity index (χ2v) is 4.52. The predicted octanol–water partition coefficient (Wildman–Crippen LogP) is 3.05. The molecule has 3 nitrogen and oxygen atoms in total. The molecule has 1 aromatic carbocycles. The first-order valence-corrected chi connectivity index (χ1v) is 6.11. The molecular weight excluding hydrogens is 301 g/mol. The molecular formula is C13H11BrFNO2. The smallest absolute Gasteiger partial charge is 0.138 e. The number of halogens is 2. The summed E-state index contributed by atoms with van der Waals surface area (Å²) in [7, 11) is 0. The first-order valence-electron chi connectivity index (χ1n) is 5.31. The standard InChI is InChI=1S/C13H11BrFNO2/c14-13-5-10(15)2-1-9(13)8-18-12-4-3-11(7-17)16-6-12/h1-6,17H,7-8H2. The number of pyridine rings is 1. The first-order chi connectivity index (χ1) is 8.69. The van der Waals surface area contributed by atoms with Crippen LogP contribution in [0.2, 0.25) is 0 Å². The Morgan fingerprint density at radius 3 is 2.72 bits per heavy atom. The van der Waals surface area contributed by atoms with Gasteiger partial charge in [-0.1, -0.05) is 22.0 Å². The van der Waals surface area contributed by atoms with E-state index in [0.29, 0.717) is 22.5 Å². The molecule has 2 aromatic rings. The monoisotopic (exact) mass is 311 g/mol. The number of benzene rings is 1. The van der Waals surface area contributed by atoms with E-state index >= 15 is 0 Å². The van der Waals surface area contributed by atoms with Gasteiger partial charge in [0.1, 0.15) is 18.2 Å². The SMILES string of the molecule is OCc1ccc(OCc2ccc(F)cc2Br)cn1. The van der Waals surface area contributed by atoms with Crippen molar-refractivity contribution >= 4 is 15.9 Å². The summed E-state index contributed by atoms with van der Waals surface area (Å²) in [5.74, 6) is 0.308. The predicted molar refractivity (Wildman–Crippen MR) is 68.6 cm³/mol. The van der Waals surface area contributed by atoms with Crippen LogP contribution in [0.5, 0.6) is 5.75 Å². The fourth-order valence-electron chi connectivity index (χ4n) is 1.39. The average Bonchev–Trinajstić information content (AvgIpc) is 2.38. The third kappa shape index (κ3) is 3.27. The summed E-state index contributed by atoms with van der Waals surface area (Å²) < 4.78 is 19.1. The molecule has 0 amide bonds. The van der Waals surface area contributed by atoms with Crippen LogP contribution in [0.15, 0.2) is 41.0 Å². The summed E-state index contributed by atoms with van der Waals surface area (Å²) in [6.07, 6.45) is 1.54. The highest BCUT2D eigenvalue weighted by molar-refractivity contribution is 9.10. The van der Waals surface area contributed by atoms with Crippen LogP contribution in [0.4, 0.5) is 4.39 Å². The maximum absolute atomic E-state index is 12.9. The highest BCUT2D eigenvalue weighted by Gasteiger charge is 2.03. The van der Waals surface area contributed by atoms with Crippen molar-refractivity contribution in [2.45, 2.75) is 13.2 Å². The van der Waals surface area contributed by atoms with Gasteiger partial charge in [0.05, 0.1) is 18.5 Å². The van der Waals surface area contributed by atoms with Crippen molar-refractivity contribution in [2.24, 2.45) is 0 Å². The Morgan fingerprint density at radius 2 is 2.11 bits per heavy atom. The highest BCUT2D eigenvalue weighted by Crippen LogP contribution is 2.20. The number of nitrogens with zero attached hydrogens (tertiary/aromatic N) is 1. The quantitative estimate of drug-likeness (QED) is 0.943. The molecule has 18 heavy (non-hydrogen) atoms. The molecule has 5 heteroatoms. The number of hydrogen-bond donors (Lipinski definition) is 1. The molecule has 0 bridgehead atoms. The molecule has 0 atom stereocenters. The van der Waals surface area contributed by atoms with Crippen molar-refractivity contribution in [1.29, 1.82) is 0 Å². The number of aliphatic hydroxyl groups is 1. The minimum atomic E-state index is -0.292. The number of aromatic nitrogens is 1. The Bertz CT molecular complexity index is 531.